The van der Waals surface area contributed by atoms with E-state index in [2.05, 4.69) is 10.6 Å². The van der Waals surface area contributed by atoms with Gasteiger partial charge in [-0.1, -0.05) is 23.2 Å². The molecular formula is C19H20Cl2N2O3. The molecule has 0 spiro atoms. The molecule has 138 valence electrons. The molecule has 1 heterocycles. The first kappa shape index (κ1) is 18.8. The van der Waals surface area contributed by atoms with Crippen molar-refractivity contribution in [2.45, 2.75) is 18.9 Å². The van der Waals surface area contributed by atoms with Gasteiger partial charge in [-0.2, -0.15) is 0 Å². The first-order valence-corrected chi connectivity index (χ1v) is 9.19. The van der Waals surface area contributed by atoms with E-state index in [0.29, 0.717) is 22.3 Å². The number of hydrogen-bond acceptors (Lipinski definition) is 4. The average Bonchev–Trinajstić information content (AvgIpc) is 3.16. The second-order valence-electron chi connectivity index (χ2n) is 6.00. The number of amides is 1. The van der Waals surface area contributed by atoms with E-state index >= 15 is 0 Å². The van der Waals surface area contributed by atoms with Crippen LogP contribution in [0, 0.1) is 0 Å². The van der Waals surface area contributed by atoms with Crippen molar-refractivity contribution < 1.29 is 14.3 Å². The fourth-order valence-electron chi connectivity index (χ4n) is 2.59. The molecule has 5 nitrogen and oxygen atoms in total. The van der Waals surface area contributed by atoms with Crippen molar-refractivity contribution in [2.75, 3.05) is 30.4 Å². The zero-order chi connectivity index (χ0) is 18.4. The van der Waals surface area contributed by atoms with E-state index in [1.165, 1.54) is 0 Å². The molecule has 1 aliphatic rings. The van der Waals surface area contributed by atoms with E-state index in [4.69, 9.17) is 32.7 Å². The van der Waals surface area contributed by atoms with Crippen LogP contribution in [0.2, 0.25) is 10.0 Å². The highest BCUT2D eigenvalue weighted by Crippen LogP contribution is 2.25. The summed E-state index contributed by atoms with van der Waals surface area (Å²) in [6.07, 6.45) is 2.32. The number of halogens is 2. The van der Waals surface area contributed by atoms with Crippen LogP contribution >= 0.6 is 23.2 Å². The number of carbonyl (C=O) groups excluding carboxylic acids is 1. The molecular weight excluding hydrogens is 375 g/mol. The molecule has 1 fully saturated rings. The third-order valence-corrected chi connectivity index (χ3v) is 4.71. The van der Waals surface area contributed by atoms with Gasteiger partial charge in [0, 0.05) is 18.0 Å². The third kappa shape index (κ3) is 5.53. The first-order valence-electron chi connectivity index (χ1n) is 8.43. The van der Waals surface area contributed by atoms with E-state index in [1.54, 1.807) is 18.2 Å². The molecule has 2 N–H and O–H groups in total. The van der Waals surface area contributed by atoms with Crippen molar-refractivity contribution in [3.05, 3.63) is 52.5 Å². The molecule has 0 aliphatic carbocycles. The van der Waals surface area contributed by atoms with Gasteiger partial charge in [-0.3, -0.25) is 4.79 Å². The van der Waals surface area contributed by atoms with E-state index in [9.17, 15) is 4.79 Å². The van der Waals surface area contributed by atoms with Gasteiger partial charge in [-0.05, 0) is 55.3 Å². The monoisotopic (exact) mass is 394 g/mol. The van der Waals surface area contributed by atoms with Gasteiger partial charge in [0.25, 0.3) is 0 Å². The molecule has 0 radical (unpaired) electrons. The Kier molecular flexibility index (Phi) is 6.61. The van der Waals surface area contributed by atoms with E-state index in [1.807, 2.05) is 24.3 Å². The average molecular weight is 395 g/mol. The summed E-state index contributed by atoms with van der Waals surface area (Å²) >= 11 is 11.8. The lowest BCUT2D eigenvalue weighted by atomic mass is 10.2. The summed E-state index contributed by atoms with van der Waals surface area (Å²) in [6.45, 7) is 1.49. The summed E-state index contributed by atoms with van der Waals surface area (Å²) in [5, 5.41) is 6.74. The lowest BCUT2D eigenvalue weighted by Gasteiger charge is -2.12. The van der Waals surface area contributed by atoms with Gasteiger partial charge in [0.2, 0.25) is 5.91 Å². The van der Waals surface area contributed by atoms with Crippen molar-refractivity contribution in [2.24, 2.45) is 0 Å². The van der Waals surface area contributed by atoms with Crippen LogP contribution in [0.25, 0.3) is 0 Å². The van der Waals surface area contributed by atoms with Gasteiger partial charge >= 0.3 is 0 Å². The Morgan fingerprint density at radius 3 is 2.58 bits per heavy atom. The Balaban J connectivity index is 1.44. The van der Waals surface area contributed by atoms with Gasteiger partial charge in [-0.15, -0.1) is 0 Å². The fraction of sp³-hybridized carbons (Fsp3) is 0.316. The van der Waals surface area contributed by atoms with Crippen LogP contribution in [-0.4, -0.2) is 31.8 Å². The normalized spacial score (nSPS) is 16.3. The summed E-state index contributed by atoms with van der Waals surface area (Å²) in [4.78, 5) is 12.0. The Morgan fingerprint density at radius 1 is 1.12 bits per heavy atom. The molecule has 1 aliphatic heterocycles. The summed E-state index contributed by atoms with van der Waals surface area (Å²) in [5.41, 5.74) is 1.43. The zero-order valence-corrected chi connectivity index (χ0v) is 15.6. The predicted molar refractivity (Wildman–Crippen MR) is 104 cm³/mol. The Hall–Kier alpha value is -1.95. The number of anilines is 2. The maximum atomic E-state index is 12.0. The van der Waals surface area contributed by atoms with Crippen LogP contribution in [0.1, 0.15) is 12.8 Å². The minimum absolute atomic E-state index is 0.120. The van der Waals surface area contributed by atoms with Crippen LogP contribution in [0.15, 0.2) is 42.5 Å². The maximum absolute atomic E-state index is 12.0. The standard InChI is InChI=1S/C19H20Cl2N2O3/c20-17-8-5-14(10-18(17)21)22-11-19(24)23-13-3-6-15(7-4-13)26-12-16-2-1-9-25-16/h3-8,10,16,22H,1-2,9,11-12H2,(H,23,24). The van der Waals surface area contributed by atoms with Crippen LogP contribution in [0.4, 0.5) is 11.4 Å². The summed E-state index contributed by atoms with van der Waals surface area (Å²) in [5.74, 6) is 0.594. The number of nitrogens with one attached hydrogen (secondary N) is 2. The number of rotatable bonds is 7. The van der Waals surface area contributed by atoms with Crippen molar-refractivity contribution in [1.82, 2.24) is 0 Å². The lowest BCUT2D eigenvalue weighted by molar-refractivity contribution is -0.114. The van der Waals surface area contributed by atoms with Crippen LogP contribution < -0.4 is 15.4 Å². The summed E-state index contributed by atoms with van der Waals surface area (Å²) < 4.78 is 11.2. The highest BCUT2D eigenvalue weighted by Gasteiger charge is 2.15. The molecule has 7 heteroatoms. The first-order chi connectivity index (χ1) is 12.6. The molecule has 0 saturated carbocycles. The SMILES string of the molecule is O=C(CNc1ccc(Cl)c(Cl)c1)Nc1ccc(OCC2CCCO2)cc1. The van der Waals surface area contributed by atoms with Crippen LogP contribution in [0.5, 0.6) is 5.75 Å². The molecule has 1 atom stereocenters. The smallest absolute Gasteiger partial charge is 0.243 e. The van der Waals surface area contributed by atoms with E-state index < -0.39 is 0 Å². The van der Waals surface area contributed by atoms with Gasteiger partial charge in [0.15, 0.2) is 0 Å². The molecule has 2 aromatic rings. The van der Waals surface area contributed by atoms with Gasteiger partial charge < -0.3 is 20.1 Å². The van der Waals surface area contributed by atoms with Crippen molar-refractivity contribution in [3.63, 3.8) is 0 Å². The fourth-order valence-corrected chi connectivity index (χ4v) is 2.89. The number of hydrogen-bond donors (Lipinski definition) is 2. The molecule has 1 amide bonds. The van der Waals surface area contributed by atoms with Crippen LogP contribution in [-0.2, 0) is 9.53 Å². The number of carbonyl (C=O) groups is 1. The van der Waals surface area contributed by atoms with Crippen LogP contribution in [0.3, 0.4) is 0 Å². The zero-order valence-electron chi connectivity index (χ0n) is 14.1. The highest BCUT2D eigenvalue weighted by atomic mass is 35.5. The molecule has 0 bridgehead atoms. The number of benzene rings is 2. The van der Waals surface area contributed by atoms with Gasteiger partial charge in [0.1, 0.15) is 12.4 Å². The summed E-state index contributed by atoms with van der Waals surface area (Å²) in [6, 6.07) is 12.4. The second-order valence-corrected chi connectivity index (χ2v) is 6.82. The van der Waals surface area contributed by atoms with Crippen molar-refractivity contribution in [3.8, 4) is 5.75 Å². The maximum Gasteiger partial charge on any atom is 0.243 e. The van der Waals surface area contributed by atoms with E-state index in [0.717, 1.165) is 30.9 Å². The Morgan fingerprint density at radius 2 is 1.88 bits per heavy atom. The molecule has 0 aromatic heterocycles. The third-order valence-electron chi connectivity index (χ3n) is 3.97. The largest absolute Gasteiger partial charge is 0.491 e. The minimum Gasteiger partial charge on any atom is -0.491 e. The second kappa shape index (κ2) is 9.12. The minimum atomic E-state index is -0.163. The number of ether oxygens (including phenoxy) is 2. The van der Waals surface area contributed by atoms with Gasteiger partial charge in [-0.25, -0.2) is 0 Å². The summed E-state index contributed by atoms with van der Waals surface area (Å²) in [7, 11) is 0. The highest BCUT2D eigenvalue weighted by molar-refractivity contribution is 6.42. The van der Waals surface area contributed by atoms with Gasteiger partial charge in [0.05, 0.1) is 22.7 Å². The Bertz CT molecular complexity index is 747. The predicted octanol–water partition coefficient (Wildman–Crippen LogP) is 4.60. The van der Waals surface area contributed by atoms with E-state index in [-0.39, 0.29) is 18.6 Å². The molecule has 2 aromatic carbocycles. The lowest BCUT2D eigenvalue weighted by Crippen LogP contribution is -2.21. The topological polar surface area (TPSA) is 59.6 Å². The Labute approximate surface area is 162 Å². The molecule has 3 rings (SSSR count). The molecule has 26 heavy (non-hydrogen) atoms. The molecule has 1 unspecified atom stereocenters. The van der Waals surface area contributed by atoms with Crippen molar-refractivity contribution in [1.29, 1.82) is 0 Å². The quantitative estimate of drug-likeness (QED) is 0.719. The van der Waals surface area contributed by atoms with Crippen molar-refractivity contribution >= 4 is 40.5 Å². The molecule has 1 saturated heterocycles.